The number of nitrogens with one attached hydrogen (secondary N) is 1. The van der Waals surface area contributed by atoms with Crippen molar-refractivity contribution in [2.24, 2.45) is 0 Å². The van der Waals surface area contributed by atoms with Crippen molar-refractivity contribution in [3.63, 3.8) is 0 Å². The van der Waals surface area contributed by atoms with E-state index in [1.54, 1.807) is 25.3 Å². The molecule has 0 amide bonds. The molecule has 2 aliphatic rings. The van der Waals surface area contributed by atoms with Gasteiger partial charge in [-0.15, -0.1) is 12.4 Å². The highest BCUT2D eigenvalue weighted by Gasteiger charge is 2.41. The van der Waals surface area contributed by atoms with E-state index < -0.39 is 17.9 Å². The van der Waals surface area contributed by atoms with Gasteiger partial charge in [0.15, 0.2) is 0 Å². The Kier molecular flexibility index (Phi) is 12.6. The van der Waals surface area contributed by atoms with Crippen LogP contribution in [-0.2, 0) is 25.5 Å². The summed E-state index contributed by atoms with van der Waals surface area (Å²) in [6, 6.07) is 12.9. The van der Waals surface area contributed by atoms with E-state index in [9.17, 15) is 9.59 Å². The van der Waals surface area contributed by atoms with Gasteiger partial charge in [-0.2, -0.15) is 0 Å². The SMILES string of the molecule is COC(=O)C1=C(CCc2ccccc2OC)NC(CCN2CCN(C)CC2)=C(C(=O)OC)C1c1c(Cl)cccc1Cl.Cl. The fourth-order valence-corrected chi connectivity index (χ4v) is 6.11. The van der Waals surface area contributed by atoms with E-state index in [2.05, 4.69) is 22.2 Å². The van der Waals surface area contributed by atoms with Gasteiger partial charge in [0.25, 0.3) is 0 Å². The number of halogens is 3. The maximum absolute atomic E-state index is 13.5. The fraction of sp³-hybridized carbons (Fsp3) is 0.419. The third kappa shape index (κ3) is 7.60. The monoisotopic (exact) mass is 637 g/mol. The number of para-hydroxylation sites is 1. The second-order valence-corrected chi connectivity index (χ2v) is 11.0. The van der Waals surface area contributed by atoms with E-state index in [1.807, 2.05) is 24.3 Å². The van der Waals surface area contributed by atoms with Crippen molar-refractivity contribution in [1.29, 1.82) is 0 Å². The molecule has 8 nitrogen and oxygen atoms in total. The quantitative estimate of drug-likeness (QED) is 0.355. The molecule has 1 unspecified atom stereocenters. The highest BCUT2D eigenvalue weighted by molar-refractivity contribution is 6.36. The molecule has 2 aromatic rings. The summed E-state index contributed by atoms with van der Waals surface area (Å²) < 4.78 is 16.1. The van der Waals surface area contributed by atoms with E-state index in [0.717, 1.165) is 44.0 Å². The minimum Gasteiger partial charge on any atom is -0.496 e. The van der Waals surface area contributed by atoms with Gasteiger partial charge in [0, 0.05) is 66.1 Å². The molecular formula is C31H38Cl3N3O5. The standard InChI is InChI=1S/C31H37Cl2N3O5.ClH/c1-35-16-18-36(19-17-35)15-14-24-28(31(38)41-4)29(26-21(32)9-7-10-22(26)33)27(30(37)40-3)23(34-24)13-12-20-8-5-6-11-25(20)39-2;/h5-11,29,34H,12-19H2,1-4H3;1H. The summed E-state index contributed by atoms with van der Waals surface area (Å²) in [5.74, 6) is -1.26. The molecule has 2 aromatic carbocycles. The number of rotatable bonds is 10. The Morgan fingerprint density at radius 2 is 1.40 bits per heavy atom. The van der Waals surface area contributed by atoms with Crippen LogP contribution in [0, 0.1) is 0 Å². The molecule has 4 rings (SSSR count). The topological polar surface area (TPSA) is 80.3 Å². The van der Waals surface area contributed by atoms with Gasteiger partial charge in [0.1, 0.15) is 5.75 Å². The summed E-state index contributed by atoms with van der Waals surface area (Å²) >= 11 is 13.5. The van der Waals surface area contributed by atoms with Gasteiger partial charge in [0.2, 0.25) is 0 Å². The average Bonchev–Trinajstić information content (AvgIpc) is 2.98. The minimum atomic E-state index is -0.882. The van der Waals surface area contributed by atoms with Crippen LogP contribution in [0.15, 0.2) is 65.0 Å². The average molecular weight is 639 g/mol. The van der Waals surface area contributed by atoms with E-state index >= 15 is 0 Å². The first-order valence-electron chi connectivity index (χ1n) is 13.6. The van der Waals surface area contributed by atoms with Crippen molar-refractivity contribution in [2.75, 3.05) is 61.1 Å². The van der Waals surface area contributed by atoms with Gasteiger partial charge < -0.3 is 29.3 Å². The third-order valence-corrected chi connectivity index (χ3v) is 8.40. The molecule has 2 aliphatic heterocycles. The first kappa shape index (κ1) is 33.7. The van der Waals surface area contributed by atoms with Gasteiger partial charge in [-0.3, -0.25) is 0 Å². The molecule has 0 spiro atoms. The Morgan fingerprint density at radius 1 is 0.833 bits per heavy atom. The zero-order chi connectivity index (χ0) is 29.5. The number of hydrogen-bond acceptors (Lipinski definition) is 8. The molecule has 1 fully saturated rings. The van der Waals surface area contributed by atoms with Gasteiger partial charge in [0.05, 0.1) is 38.4 Å². The molecule has 0 radical (unpaired) electrons. The van der Waals surface area contributed by atoms with Crippen molar-refractivity contribution in [2.45, 2.75) is 25.2 Å². The van der Waals surface area contributed by atoms with E-state index in [1.165, 1.54) is 14.2 Å². The van der Waals surface area contributed by atoms with E-state index in [-0.39, 0.29) is 18.0 Å². The Morgan fingerprint density at radius 3 is 1.98 bits per heavy atom. The summed E-state index contributed by atoms with van der Waals surface area (Å²) in [7, 11) is 6.40. The van der Waals surface area contributed by atoms with Gasteiger partial charge in [-0.1, -0.05) is 47.5 Å². The molecule has 228 valence electrons. The lowest BCUT2D eigenvalue weighted by molar-refractivity contribution is -0.137. The predicted molar refractivity (Wildman–Crippen MR) is 168 cm³/mol. The Hall–Kier alpha value is -2.75. The first-order chi connectivity index (χ1) is 19.8. The zero-order valence-corrected chi connectivity index (χ0v) is 26.7. The summed E-state index contributed by atoms with van der Waals surface area (Å²) in [5.41, 5.74) is 3.36. The van der Waals surface area contributed by atoms with Crippen LogP contribution in [0.4, 0.5) is 0 Å². The maximum Gasteiger partial charge on any atom is 0.336 e. The van der Waals surface area contributed by atoms with Crippen LogP contribution in [0.2, 0.25) is 10.0 Å². The van der Waals surface area contributed by atoms with Crippen LogP contribution < -0.4 is 10.1 Å². The lowest BCUT2D eigenvalue weighted by Crippen LogP contribution is -2.45. The maximum atomic E-state index is 13.5. The number of piperazine rings is 1. The first-order valence-corrected chi connectivity index (χ1v) is 14.4. The number of carbonyl (C=O) groups excluding carboxylic acids is 2. The summed E-state index contributed by atoms with van der Waals surface area (Å²) in [6.07, 6.45) is 1.57. The highest BCUT2D eigenvalue weighted by Crippen LogP contribution is 2.46. The van der Waals surface area contributed by atoms with Crippen molar-refractivity contribution in [3.8, 4) is 5.75 Å². The van der Waals surface area contributed by atoms with Gasteiger partial charge >= 0.3 is 11.9 Å². The van der Waals surface area contributed by atoms with Crippen LogP contribution in [0.1, 0.15) is 29.9 Å². The predicted octanol–water partition coefficient (Wildman–Crippen LogP) is 5.24. The Labute approximate surface area is 264 Å². The van der Waals surface area contributed by atoms with E-state index in [0.29, 0.717) is 51.8 Å². The van der Waals surface area contributed by atoms with Crippen LogP contribution in [-0.4, -0.2) is 82.8 Å². The number of likely N-dealkylation sites (N-methyl/N-ethyl adjacent to an activating group) is 1. The smallest absolute Gasteiger partial charge is 0.336 e. The molecule has 1 saturated heterocycles. The van der Waals surface area contributed by atoms with Crippen LogP contribution in [0.25, 0.3) is 0 Å². The molecule has 0 bridgehead atoms. The number of methoxy groups -OCH3 is 3. The fourth-order valence-electron chi connectivity index (χ4n) is 5.49. The summed E-state index contributed by atoms with van der Waals surface area (Å²) in [5, 5.41) is 4.16. The lowest BCUT2D eigenvalue weighted by atomic mass is 9.78. The normalized spacial score (nSPS) is 17.8. The van der Waals surface area contributed by atoms with Crippen LogP contribution in [0.3, 0.4) is 0 Å². The van der Waals surface area contributed by atoms with Crippen molar-refractivity contribution < 1.29 is 23.8 Å². The number of allylic oxidation sites excluding steroid dienone is 1. The van der Waals surface area contributed by atoms with Crippen molar-refractivity contribution >= 4 is 47.5 Å². The molecule has 1 N–H and O–H groups in total. The number of dihydropyridines is 1. The second kappa shape index (κ2) is 15.6. The number of ether oxygens (including phenoxy) is 3. The molecule has 0 aromatic heterocycles. The number of hydrogen-bond donors (Lipinski definition) is 1. The summed E-state index contributed by atoms with van der Waals surface area (Å²) in [4.78, 5) is 31.7. The molecule has 42 heavy (non-hydrogen) atoms. The Balaban J connectivity index is 0.00000484. The van der Waals surface area contributed by atoms with Crippen LogP contribution in [0.5, 0.6) is 5.75 Å². The number of aryl methyl sites for hydroxylation is 1. The molecule has 1 atom stereocenters. The molecule has 2 heterocycles. The molecular weight excluding hydrogens is 601 g/mol. The highest BCUT2D eigenvalue weighted by atomic mass is 35.5. The zero-order valence-electron chi connectivity index (χ0n) is 24.4. The number of nitrogens with zero attached hydrogens (tertiary/aromatic N) is 2. The van der Waals surface area contributed by atoms with Gasteiger partial charge in [-0.25, -0.2) is 9.59 Å². The van der Waals surface area contributed by atoms with Crippen molar-refractivity contribution in [1.82, 2.24) is 15.1 Å². The minimum absolute atomic E-state index is 0. The van der Waals surface area contributed by atoms with Crippen molar-refractivity contribution in [3.05, 3.63) is 86.2 Å². The Bertz CT molecular complexity index is 1320. The molecule has 11 heteroatoms. The second-order valence-electron chi connectivity index (χ2n) is 10.2. The molecule has 0 saturated carbocycles. The van der Waals surface area contributed by atoms with E-state index in [4.69, 9.17) is 37.4 Å². The van der Waals surface area contributed by atoms with Gasteiger partial charge in [-0.05, 0) is 43.7 Å². The largest absolute Gasteiger partial charge is 0.496 e. The lowest BCUT2D eigenvalue weighted by Gasteiger charge is -2.35. The number of benzene rings is 2. The molecule has 0 aliphatic carbocycles. The third-order valence-electron chi connectivity index (χ3n) is 7.74. The number of carbonyl (C=O) groups is 2. The van der Waals surface area contributed by atoms with Crippen LogP contribution >= 0.6 is 35.6 Å². The summed E-state index contributed by atoms with van der Waals surface area (Å²) in [6.45, 7) is 4.55. The number of esters is 2.